The molecule has 1 aromatic carbocycles. The Balaban J connectivity index is 1.91. The smallest absolute Gasteiger partial charge is 0.196 e. The highest BCUT2D eigenvalue weighted by molar-refractivity contribution is 7.14. The lowest BCUT2D eigenvalue weighted by Gasteiger charge is -2.30. The van der Waals surface area contributed by atoms with Gasteiger partial charge in [-0.3, -0.25) is 4.79 Å². The van der Waals surface area contributed by atoms with Gasteiger partial charge in [-0.05, 0) is 91.0 Å². The van der Waals surface area contributed by atoms with Crippen LogP contribution in [0.5, 0.6) is 5.75 Å². The number of phenolic OH excluding ortho intramolecular Hbond substituents is 1. The van der Waals surface area contributed by atoms with Crippen molar-refractivity contribution in [3.8, 4) is 5.75 Å². The number of hydrogen-bond acceptors (Lipinski definition) is 3. The molecule has 1 aliphatic carbocycles. The third kappa shape index (κ3) is 3.64. The predicted octanol–water partition coefficient (Wildman–Crippen LogP) is 6.04. The fourth-order valence-corrected chi connectivity index (χ4v) is 5.10. The van der Waals surface area contributed by atoms with Crippen LogP contribution < -0.4 is 0 Å². The molecule has 3 heteroatoms. The Morgan fingerprint density at radius 2 is 1.88 bits per heavy atom. The molecule has 26 heavy (non-hydrogen) atoms. The molecule has 2 aromatic rings. The topological polar surface area (TPSA) is 37.3 Å². The number of carbonyl (C=O) groups is 1. The second kappa shape index (κ2) is 7.03. The molecule has 0 radical (unpaired) electrons. The van der Waals surface area contributed by atoms with Crippen molar-refractivity contribution < 1.29 is 9.90 Å². The van der Waals surface area contributed by atoms with E-state index in [1.54, 1.807) is 17.4 Å². The van der Waals surface area contributed by atoms with Crippen molar-refractivity contribution >= 4 is 23.2 Å². The van der Waals surface area contributed by atoms with E-state index in [1.807, 2.05) is 32.1 Å². The van der Waals surface area contributed by atoms with Gasteiger partial charge in [0.1, 0.15) is 5.75 Å². The van der Waals surface area contributed by atoms with Crippen molar-refractivity contribution in [2.75, 3.05) is 0 Å². The summed E-state index contributed by atoms with van der Waals surface area (Å²) in [5, 5.41) is 9.90. The second-order valence-corrected chi connectivity index (χ2v) is 9.31. The number of aromatic hydroxyl groups is 1. The van der Waals surface area contributed by atoms with Gasteiger partial charge in [0.05, 0.1) is 4.88 Å². The van der Waals surface area contributed by atoms with Crippen LogP contribution in [-0.2, 0) is 19.3 Å². The number of fused-ring (bicyclic) bond motifs is 1. The Bertz CT molecular complexity index is 861. The first-order valence-electron chi connectivity index (χ1n) is 9.38. The molecule has 0 saturated heterocycles. The maximum atomic E-state index is 12.9. The third-order valence-electron chi connectivity index (χ3n) is 5.39. The van der Waals surface area contributed by atoms with Crippen LogP contribution in [-0.4, -0.2) is 10.9 Å². The number of phenols is 1. The van der Waals surface area contributed by atoms with Crippen molar-refractivity contribution in [3.05, 3.63) is 55.8 Å². The summed E-state index contributed by atoms with van der Waals surface area (Å²) in [5.41, 5.74) is 5.67. The Labute approximate surface area is 160 Å². The van der Waals surface area contributed by atoms with Crippen LogP contribution in [0, 0.1) is 19.3 Å². The van der Waals surface area contributed by atoms with Crippen LogP contribution in [0.1, 0.15) is 69.6 Å². The van der Waals surface area contributed by atoms with Crippen molar-refractivity contribution in [3.63, 3.8) is 0 Å². The lowest BCUT2D eigenvalue weighted by atomic mass is 9.74. The first-order chi connectivity index (χ1) is 12.2. The minimum Gasteiger partial charge on any atom is -0.507 e. The van der Waals surface area contributed by atoms with Crippen molar-refractivity contribution in [2.24, 2.45) is 5.41 Å². The van der Waals surface area contributed by atoms with Crippen LogP contribution in [0.3, 0.4) is 0 Å². The van der Waals surface area contributed by atoms with Crippen LogP contribution in [0.4, 0.5) is 0 Å². The number of ketones is 1. The molecule has 3 rings (SSSR count). The molecular formula is C23H28O2S. The van der Waals surface area contributed by atoms with Crippen LogP contribution in [0.25, 0.3) is 6.08 Å². The van der Waals surface area contributed by atoms with E-state index in [0.29, 0.717) is 11.2 Å². The van der Waals surface area contributed by atoms with Crippen LogP contribution in [0.15, 0.2) is 18.2 Å². The predicted molar refractivity (Wildman–Crippen MR) is 110 cm³/mol. The monoisotopic (exact) mass is 368 g/mol. The molecule has 0 atom stereocenters. The lowest BCUT2D eigenvalue weighted by Crippen LogP contribution is -2.22. The highest BCUT2D eigenvalue weighted by atomic mass is 32.1. The summed E-state index contributed by atoms with van der Waals surface area (Å²) in [6.07, 6.45) is 7.78. The molecule has 0 fully saturated rings. The Morgan fingerprint density at radius 1 is 1.23 bits per heavy atom. The van der Waals surface area contributed by atoms with E-state index in [9.17, 15) is 9.90 Å². The summed E-state index contributed by atoms with van der Waals surface area (Å²) in [7, 11) is 0. The SMILES string of the molecule is CCc1sc(C(=O)C=Cc2cc(C)c(O)c(C)c2)c2c1CC(C)(C)CC2. The van der Waals surface area contributed by atoms with Crippen LogP contribution in [0.2, 0.25) is 0 Å². The number of rotatable bonds is 4. The molecule has 1 aromatic heterocycles. The van der Waals surface area contributed by atoms with Crippen LogP contribution >= 0.6 is 11.3 Å². The summed E-state index contributed by atoms with van der Waals surface area (Å²) >= 11 is 1.69. The molecule has 0 unspecified atom stereocenters. The van der Waals surface area contributed by atoms with Gasteiger partial charge in [-0.15, -0.1) is 11.3 Å². The molecular weight excluding hydrogens is 340 g/mol. The second-order valence-electron chi connectivity index (χ2n) is 8.21. The summed E-state index contributed by atoms with van der Waals surface area (Å²) in [6.45, 7) is 10.6. The minimum absolute atomic E-state index is 0.106. The zero-order valence-corrected chi connectivity index (χ0v) is 17.2. The molecule has 0 amide bonds. The van der Waals surface area contributed by atoms with E-state index < -0.39 is 0 Å². The van der Waals surface area contributed by atoms with Crippen molar-refractivity contribution in [1.82, 2.24) is 0 Å². The Morgan fingerprint density at radius 3 is 2.50 bits per heavy atom. The number of hydrogen-bond donors (Lipinski definition) is 1. The highest BCUT2D eigenvalue weighted by Gasteiger charge is 2.31. The fourth-order valence-electron chi connectivity index (χ4n) is 3.87. The van der Waals surface area contributed by atoms with E-state index in [1.165, 1.54) is 16.0 Å². The first-order valence-corrected chi connectivity index (χ1v) is 10.2. The molecule has 1 heterocycles. The zero-order valence-electron chi connectivity index (χ0n) is 16.4. The average Bonchev–Trinajstić information content (AvgIpc) is 2.94. The van der Waals surface area contributed by atoms with Gasteiger partial charge >= 0.3 is 0 Å². The average molecular weight is 369 g/mol. The zero-order chi connectivity index (χ0) is 19.1. The molecule has 0 saturated carbocycles. The molecule has 138 valence electrons. The van der Waals surface area contributed by atoms with Gasteiger partial charge in [0.25, 0.3) is 0 Å². The molecule has 1 aliphatic rings. The summed E-state index contributed by atoms with van der Waals surface area (Å²) in [6, 6.07) is 3.83. The first kappa shape index (κ1) is 18.9. The van der Waals surface area contributed by atoms with E-state index in [4.69, 9.17) is 0 Å². The number of aryl methyl sites for hydroxylation is 3. The highest BCUT2D eigenvalue weighted by Crippen LogP contribution is 2.42. The lowest BCUT2D eigenvalue weighted by molar-refractivity contribution is 0.105. The van der Waals surface area contributed by atoms with Crippen molar-refractivity contribution in [2.45, 2.75) is 60.3 Å². The Kier molecular flexibility index (Phi) is 5.12. The number of allylic oxidation sites excluding steroid dienone is 1. The standard InChI is InChI=1S/C23H28O2S/c1-6-20-18-13-23(4,5)10-9-17(18)22(26-20)19(24)8-7-16-11-14(2)21(25)15(3)12-16/h7-8,11-12,25H,6,9-10,13H2,1-5H3. The van der Waals surface area contributed by atoms with Gasteiger partial charge in [0.15, 0.2) is 5.78 Å². The normalized spacial score (nSPS) is 16.0. The van der Waals surface area contributed by atoms with Gasteiger partial charge in [-0.2, -0.15) is 0 Å². The van der Waals surface area contributed by atoms with Gasteiger partial charge in [-0.1, -0.05) is 26.8 Å². The molecule has 0 spiro atoms. The van der Waals surface area contributed by atoms with E-state index >= 15 is 0 Å². The summed E-state index contributed by atoms with van der Waals surface area (Å²) < 4.78 is 0. The van der Waals surface area contributed by atoms with Gasteiger partial charge in [0.2, 0.25) is 0 Å². The number of thiophene rings is 1. The molecule has 2 nitrogen and oxygen atoms in total. The van der Waals surface area contributed by atoms with E-state index in [2.05, 4.69) is 20.8 Å². The number of carbonyl (C=O) groups excluding carboxylic acids is 1. The summed E-state index contributed by atoms with van der Waals surface area (Å²) in [5.74, 6) is 0.435. The third-order valence-corrected chi connectivity index (χ3v) is 6.83. The van der Waals surface area contributed by atoms with Gasteiger partial charge in [-0.25, -0.2) is 0 Å². The van der Waals surface area contributed by atoms with Crippen molar-refractivity contribution in [1.29, 1.82) is 0 Å². The van der Waals surface area contributed by atoms with Gasteiger partial charge in [0, 0.05) is 4.88 Å². The number of benzene rings is 1. The summed E-state index contributed by atoms with van der Waals surface area (Å²) in [4.78, 5) is 15.2. The van der Waals surface area contributed by atoms with E-state index in [0.717, 1.165) is 47.3 Å². The maximum Gasteiger partial charge on any atom is 0.196 e. The fraction of sp³-hybridized carbons (Fsp3) is 0.435. The Hall–Kier alpha value is -1.87. The van der Waals surface area contributed by atoms with Gasteiger partial charge < -0.3 is 5.11 Å². The molecule has 0 aliphatic heterocycles. The quantitative estimate of drug-likeness (QED) is 0.527. The minimum atomic E-state index is 0.106. The molecule has 0 bridgehead atoms. The maximum absolute atomic E-state index is 12.9. The largest absolute Gasteiger partial charge is 0.507 e. The van der Waals surface area contributed by atoms with E-state index in [-0.39, 0.29) is 5.78 Å². The molecule has 1 N–H and O–H groups in total.